The maximum Gasteiger partial charge on any atom is 0.407 e. The molecule has 1 aliphatic rings. The molecule has 180 valence electrons. The highest BCUT2D eigenvalue weighted by Crippen LogP contribution is 2.29. The fourth-order valence-corrected chi connectivity index (χ4v) is 2.52. The molecule has 2 rings (SSSR count). The van der Waals surface area contributed by atoms with E-state index < -0.39 is 17.7 Å². The van der Waals surface area contributed by atoms with Crippen molar-refractivity contribution in [3.8, 4) is 11.5 Å². The summed E-state index contributed by atoms with van der Waals surface area (Å²) in [7, 11) is 0. The molecule has 10 nitrogen and oxygen atoms in total. The molecular formula is C22H33NO9. The van der Waals surface area contributed by atoms with Gasteiger partial charge in [-0.3, -0.25) is 0 Å². The Kier molecular flexibility index (Phi) is 11.1. The van der Waals surface area contributed by atoms with E-state index in [4.69, 9.17) is 33.2 Å². The fourth-order valence-electron chi connectivity index (χ4n) is 2.52. The van der Waals surface area contributed by atoms with Crippen LogP contribution in [0.5, 0.6) is 11.5 Å². The molecule has 32 heavy (non-hydrogen) atoms. The lowest BCUT2D eigenvalue weighted by atomic mass is 10.2. The number of hydrogen-bond donors (Lipinski definition) is 1. The van der Waals surface area contributed by atoms with Gasteiger partial charge in [0.25, 0.3) is 0 Å². The predicted molar refractivity (Wildman–Crippen MR) is 114 cm³/mol. The number of fused-ring (bicyclic) bond motifs is 1. The summed E-state index contributed by atoms with van der Waals surface area (Å²) in [4.78, 5) is 24.0. The minimum Gasteiger partial charge on any atom is -0.487 e. The van der Waals surface area contributed by atoms with Crippen LogP contribution in [0.4, 0.5) is 4.79 Å². The van der Waals surface area contributed by atoms with Crippen LogP contribution in [0.1, 0.15) is 31.1 Å². The monoisotopic (exact) mass is 455 g/mol. The molecule has 0 unspecified atom stereocenters. The number of benzene rings is 1. The Hall–Kier alpha value is -2.56. The lowest BCUT2D eigenvalue weighted by Gasteiger charge is -2.19. The predicted octanol–water partition coefficient (Wildman–Crippen LogP) is 2.19. The van der Waals surface area contributed by atoms with Crippen molar-refractivity contribution in [3.63, 3.8) is 0 Å². The molecule has 0 saturated carbocycles. The van der Waals surface area contributed by atoms with E-state index >= 15 is 0 Å². The second-order valence-corrected chi connectivity index (χ2v) is 7.76. The number of amides is 1. The molecule has 0 aliphatic carbocycles. The summed E-state index contributed by atoms with van der Waals surface area (Å²) in [6.45, 7) is 8.71. The number of carbonyl (C=O) groups is 2. The van der Waals surface area contributed by atoms with Crippen molar-refractivity contribution >= 4 is 12.1 Å². The molecule has 1 aromatic rings. The van der Waals surface area contributed by atoms with Gasteiger partial charge in [0.1, 0.15) is 25.4 Å². The zero-order chi connectivity index (χ0) is 23.2. The molecule has 1 aromatic carbocycles. The van der Waals surface area contributed by atoms with Crippen molar-refractivity contribution in [3.05, 3.63) is 23.8 Å². The maximum atomic E-state index is 12.4. The molecule has 0 fully saturated rings. The molecule has 0 aromatic heterocycles. The lowest BCUT2D eigenvalue weighted by Crippen LogP contribution is -2.34. The van der Waals surface area contributed by atoms with Gasteiger partial charge in [-0.1, -0.05) is 0 Å². The topological polar surface area (TPSA) is 111 Å². The molecule has 1 aliphatic heterocycles. The average Bonchev–Trinajstić information content (AvgIpc) is 2.74. The van der Waals surface area contributed by atoms with Gasteiger partial charge in [0, 0.05) is 0 Å². The third kappa shape index (κ3) is 10.7. The molecular weight excluding hydrogens is 422 g/mol. The molecule has 1 amide bonds. The normalized spacial score (nSPS) is 16.2. The van der Waals surface area contributed by atoms with Crippen LogP contribution in [-0.2, 0) is 23.7 Å². The Morgan fingerprint density at radius 2 is 1.44 bits per heavy atom. The van der Waals surface area contributed by atoms with Crippen molar-refractivity contribution in [1.82, 2.24) is 5.32 Å². The zero-order valence-electron chi connectivity index (χ0n) is 19.0. The Morgan fingerprint density at radius 3 is 2.03 bits per heavy atom. The van der Waals surface area contributed by atoms with Gasteiger partial charge in [0.05, 0.1) is 51.7 Å². The summed E-state index contributed by atoms with van der Waals surface area (Å²) in [6.07, 6.45) is -0.570. The van der Waals surface area contributed by atoms with E-state index in [0.29, 0.717) is 63.3 Å². The highest BCUT2D eigenvalue weighted by Gasteiger charge is 2.16. The third-order valence-corrected chi connectivity index (χ3v) is 3.90. The summed E-state index contributed by atoms with van der Waals surface area (Å²) >= 11 is 0. The first-order valence-electron chi connectivity index (χ1n) is 10.6. The van der Waals surface area contributed by atoms with Crippen LogP contribution in [0, 0.1) is 0 Å². The number of hydrogen-bond acceptors (Lipinski definition) is 9. The Labute approximate surface area is 188 Å². The number of ether oxygens (including phenoxy) is 7. The van der Waals surface area contributed by atoms with Crippen LogP contribution in [0.3, 0.4) is 0 Å². The molecule has 0 atom stereocenters. The van der Waals surface area contributed by atoms with Crippen LogP contribution in [0.2, 0.25) is 0 Å². The fraction of sp³-hybridized carbons (Fsp3) is 0.636. The first-order valence-corrected chi connectivity index (χ1v) is 10.6. The summed E-state index contributed by atoms with van der Waals surface area (Å²) in [6, 6.07) is 4.79. The largest absolute Gasteiger partial charge is 0.487 e. The molecule has 1 N–H and O–H groups in total. The van der Waals surface area contributed by atoms with E-state index in [0.717, 1.165) is 0 Å². The maximum absolute atomic E-state index is 12.4. The second kappa shape index (κ2) is 13.8. The van der Waals surface area contributed by atoms with E-state index in [2.05, 4.69) is 5.32 Å². The van der Waals surface area contributed by atoms with Crippen LogP contribution in [0.25, 0.3) is 0 Å². The first kappa shape index (κ1) is 25.7. The van der Waals surface area contributed by atoms with Crippen molar-refractivity contribution in [2.45, 2.75) is 26.4 Å². The van der Waals surface area contributed by atoms with E-state index in [9.17, 15) is 9.59 Å². The molecule has 1 heterocycles. The Balaban J connectivity index is 1.88. The van der Waals surface area contributed by atoms with Gasteiger partial charge in [0.15, 0.2) is 11.5 Å². The van der Waals surface area contributed by atoms with E-state index in [1.165, 1.54) is 0 Å². The van der Waals surface area contributed by atoms with Gasteiger partial charge in [-0.2, -0.15) is 0 Å². The van der Waals surface area contributed by atoms with Crippen molar-refractivity contribution in [1.29, 1.82) is 0 Å². The molecule has 10 heteroatoms. The average molecular weight is 456 g/mol. The number of alkyl carbamates (subject to hydrolysis) is 1. The number of rotatable bonds is 4. The number of esters is 1. The molecule has 0 spiro atoms. The molecule has 0 bridgehead atoms. The van der Waals surface area contributed by atoms with Gasteiger partial charge < -0.3 is 38.5 Å². The van der Waals surface area contributed by atoms with Crippen molar-refractivity contribution < 1.29 is 42.7 Å². The quantitative estimate of drug-likeness (QED) is 0.539. The Morgan fingerprint density at radius 1 is 0.875 bits per heavy atom. The lowest BCUT2D eigenvalue weighted by molar-refractivity contribution is 0.00708. The minimum atomic E-state index is -0.595. The highest BCUT2D eigenvalue weighted by molar-refractivity contribution is 5.90. The van der Waals surface area contributed by atoms with Crippen molar-refractivity contribution in [2.75, 3.05) is 66.0 Å². The van der Waals surface area contributed by atoms with Crippen LogP contribution < -0.4 is 14.8 Å². The summed E-state index contributed by atoms with van der Waals surface area (Å²) < 4.78 is 38.1. The summed E-state index contributed by atoms with van der Waals surface area (Å²) in [5, 5.41) is 2.53. The third-order valence-electron chi connectivity index (χ3n) is 3.90. The van der Waals surface area contributed by atoms with Gasteiger partial charge in [-0.25, -0.2) is 9.59 Å². The van der Waals surface area contributed by atoms with Crippen LogP contribution >= 0.6 is 0 Å². The molecule has 0 saturated heterocycles. The Bertz CT molecular complexity index is 718. The number of carbonyl (C=O) groups excluding carboxylic acids is 2. The van der Waals surface area contributed by atoms with E-state index in [1.807, 2.05) is 0 Å². The number of nitrogens with one attached hydrogen (secondary N) is 1. The second-order valence-electron chi connectivity index (χ2n) is 7.76. The van der Waals surface area contributed by atoms with Gasteiger partial charge in [0.2, 0.25) is 0 Å². The van der Waals surface area contributed by atoms with Gasteiger partial charge in [-0.15, -0.1) is 0 Å². The van der Waals surface area contributed by atoms with E-state index in [-0.39, 0.29) is 19.8 Å². The smallest absolute Gasteiger partial charge is 0.407 e. The standard InChI is InChI=1S/C22H33NO9/c1-22(2,3)32-21(25)23-6-7-31-20(24)17-4-5-18-19(16-17)30-15-13-28-11-9-26-8-10-27-12-14-29-18/h4-5,16H,6-15H2,1-3H3,(H,23,25). The summed E-state index contributed by atoms with van der Waals surface area (Å²) in [5.74, 6) is 0.346. The van der Waals surface area contributed by atoms with Gasteiger partial charge >= 0.3 is 12.1 Å². The highest BCUT2D eigenvalue weighted by atomic mass is 16.6. The minimum absolute atomic E-state index is 0.000230. The first-order chi connectivity index (χ1) is 15.3. The zero-order valence-corrected chi connectivity index (χ0v) is 19.0. The van der Waals surface area contributed by atoms with Crippen molar-refractivity contribution in [2.24, 2.45) is 0 Å². The van der Waals surface area contributed by atoms with Crippen LogP contribution in [0.15, 0.2) is 18.2 Å². The molecule has 0 radical (unpaired) electrons. The SMILES string of the molecule is CC(C)(C)OC(=O)NCCOC(=O)c1ccc2c(c1)OCCOCCOCCOCCO2. The van der Waals surface area contributed by atoms with Gasteiger partial charge in [-0.05, 0) is 39.0 Å². The summed E-state index contributed by atoms with van der Waals surface area (Å²) in [5.41, 5.74) is -0.296. The van der Waals surface area contributed by atoms with Crippen LogP contribution in [-0.4, -0.2) is 83.7 Å². The van der Waals surface area contributed by atoms with E-state index in [1.54, 1.807) is 39.0 Å².